The van der Waals surface area contributed by atoms with E-state index in [1.54, 1.807) is 12.1 Å². The molecule has 1 aliphatic rings. The average Bonchev–Trinajstić information content (AvgIpc) is 3.14. The van der Waals surface area contributed by atoms with Crippen molar-refractivity contribution in [2.75, 3.05) is 6.54 Å². The van der Waals surface area contributed by atoms with Gasteiger partial charge in [-0.1, -0.05) is 78.0 Å². The zero-order valence-electron chi connectivity index (χ0n) is 15.4. The molecule has 0 aromatic heterocycles. The fourth-order valence-electron chi connectivity index (χ4n) is 3.03. The monoisotopic (exact) mass is 408 g/mol. The van der Waals surface area contributed by atoms with Crippen LogP contribution in [0.3, 0.4) is 0 Å². The van der Waals surface area contributed by atoms with Gasteiger partial charge in [0.05, 0.1) is 22.4 Å². The number of aryl methyl sites for hydroxylation is 1. The van der Waals surface area contributed by atoms with Crippen molar-refractivity contribution in [3.8, 4) is 0 Å². The first kappa shape index (κ1) is 18.8. The molecule has 3 aromatic carbocycles. The molecule has 4 rings (SSSR count). The lowest BCUT2D eigenvalue weighted by atomic mass is 10.1. The van der Waals surface area contributed by atoms with E-state index in [9.17, 15) is 8.42 Å². The molecular weight excluding hydrogens is 388 g/mol. The summed E-state index contributed by atoms with van der Waals surface area (Å²) >= 11 is 1.49. The van der Waals surface area contributed by atoms with E-state index in [0.29, 0.717) is 11.7 Å². The normalized spacial score (nSPS) is 18.5. The van der Waals surface area contributed by atoms with Gasteiger partial charge < -0.3 is 0 Å². The second-order valence-electron chi connectivity index (χ2n) is 6.60. The Balaban J connectivity index is 1.75. The Labute approximate surface area is 170 Å². The molecule has 1 fully saturated rings. The van der Waals surface area contributed by atoms with Crippen LogP contribution in [0.15, 0.2) is 94.8 Å². The number of hydrogen-bond acceptors (Lipinski definition) is 4. The van der Waals surface area contributed by atoms with E-state index in [4.69, 9.17) is 0 Å². The van der Waals surface area contributed by atoms with Gasteiger partial charge in [0.15, 0.2) is 5.17 Å². The largest absolute Gasteiger partial charge is 0.265 e. The highest BCUT2D eigenvalue weighted by Crippen LogP contribution is 2.41. The molecule has 0 radical (unpaired) electrons. The minimum Gasteiger partial charge on any atom is -0.243 e. The van der Waals surface area contributed by atoms with E-state index < -0.39 is 10.0 Å². The predicted molar refractivity (Wildman–Crippen MR) is 115 cm³/mol. The second kappa shape index (κ2) is 7.81. The Morgan fingerprint density at radius 1 is 0.893 bits per heavy atom. The smallest absolute Gasteiger partial charge is 0.243 e. The maximum absolute atomic E-state index is 13.4. The van der Waals surface area contributed by atoms with Crippen molar-refractivity contribution in [1.82, 2.24) is 4.31 Å². The van der Waals surface area contributed by atoms with Crippen molar-refractivity contribution in [3.05, 3.63) is 96.1 Å². The van der Waals surface area contributed by atoms with Gasteiger partial charge in [0, 0.05) is 0 Å². The fourth-order valence-corrected chi connectivity index (χ4v) is 5.99. The molecule has 0 spiro atoms. The summed E-state index contributed by atoms with van der Waals surface area (Å²) in [6.07, 6.45) is 0. The number of nitrogens with zero attached hydrogens (tertiary/aromatic N) is 2. The van der Waals surface area contributed by atoms with Crippen LogP contribution in [0.25, 0.3) is 0 Å². The van der Waals surface area contributed by atoms with Gasteiger partial charge in [-0.25, -0.2) is 17.7 Å². The van der Waals surface area contributed by atoms with Crippen molar-refractivity contribution >= 4 is 32.6 Å². The standard InChI is InChI=1S/C22H20N2O2S2/c1-17-12-14-20(15-13-17)28(25,26)24-16-21(18-8-4-2-5-9-18)27-22(24)23-19-10-6-3-7-11-19/h2-15,21H,16H2,1H3. The van der Waals surface area contributed by atoms with Crippen LogP contribution in [-0.2, 0) is 10.0 Å². The summed E-state index contributed by atoms with van der Waals surface area (Å²) in [5.41, 5.74) is 2.85. The summed E-state index contributed by atoms with van der Waals surface area (Å²) in [5, 5.41) is 0.504. The first-order chi connectivity index (χ1) is 13.5. The summed E-state index contributed by atoms with van der Waals surface area (Å²) in [5.74, 6) is 0. The molecule has 0 aliphatic carbocycles. The Bertz CT molecular complexity index is 1080. The molecule has 6 heteroatoms. The number of rotatable bonds is 4. The molecule has 1 unspecified atom stereocenters. The highest BCUT2D eigenvalue weighted by Gasteiger charge is 2.38. The molecule has 142 valence electrons. The van der Waals surface area contributed by atoms with E-state index in [1.807, 2.05) is 79.7 Å². The molecule has 0 N–H and O–H groups in total. The van der Waals surface area contributed by atoms with E-state index >= 15 is 0 Å². The molecule has 1 aliphatic heterocycles. The van der Waals surface area contributed by atoms with Crippen molar-refractivity contribution in [2.24, 2.45) is 4.99 Å². The van der Waals surface area contributed by atoms with Crippen LogP contribution in [-0.4, -0.2) is 24.4 Å². The van der Waals surface area contributed by atoms with Gasteiger partial charge in [-0.3, -0.25) is 0 Å². The van der Waals surface area contributed by atoms with Crippen molar-refractivity contribution in [1.29, 1.82) is 0 Å². The Morgan fingerprint density at radius 2 is 1.50 bits per heavy atom. The summed E-state index contributed by atoms with van der Waals surface area (Å²) < 4.78 is 28.1. The van der Waals surface area contributed by atoms with Crippen LogP contribution in [0.1, 0.15) is 16.4 Å². The van der Waals surface area contributed by atoms with Gasteiger partial charge in [0.1, 0.15) is 0 Å². The van der Waals surface area contributed by atoms with Crippen molar-refractivity contribution in [3.63, 3.8) is 0 Å². The van der Waals surface area contributed by atoms with Gasteiger partial charge in [-0.15, -0.1) is 0 Å². The van der Waals surface area contributed by atoms with Gasteiger partial charge in [0.25, 0.3) is 10.0 Å². The molecule has 0 saturated carbocycles. The van der Waals surface area contributed by atoms with Crippen molar-refractivity contribution in [2.45, 2.75) is 17.1 Å². The topological polar surface area (TPSA) is 49.7 Å². The van der Waals surface area contributed by atoms with E-state index in [-0.39, 0.29) is 10.1 Å². The minimum atomic E-state index is -3.68. The molecule has 0 amide bonds. The predicted octanol–water partition coefficient (Wildman–Crippen LogP) is 5.16. The zero-order chi connectivity index (χ0) is 19.6. The van der Waals surface area contributed by atoms with Gasteiger partial charge in [-0.05, 0) is 36.8 Å². The molecule has 4 nitrogen and oxygen atoms in total. The molecule has 1 atom stereocenters. The third-order valence-electron chi connectivity index (χ3n) is 4.55. The maximum Gasteiger partial charge on any atom is 0.265 e. The van der Waals surface area contributed by atoms with Crippen LogP contribution in [0.5, 0.6) is 0 Å². The molecule has 0 bridgehead atoms. The van der Waals surface area contributed by atoms with E-state index in [2.05, 4.69) is 4.99 Å². The lowest BCUT2D eigenvalue weighted by Gasteiger charge is -2.18. The Hall–Kier alpha value is -2.57. The third kappa shape index (κ3) is 3.84. The Kier molecular flexibility index (Phi) is 5.24. The molecule has 1 saturated heterocycles. The van der Waals surface area contributed by atoms with Gasteiger partial charge in [-0.2, -0.15) is 0 Å². The first-order valence-electron chi connectivity index (χ1n) is 8.99. The molecular formula is C22H20N2O2S2. The number of sulfonamides is 1. The average molecular weight is 409 g/mol. The lowest BCUT2D eigenvalue weighted by Crippen LogP contribution is -2.32. The van der Waals surface area contributed by atoms with Crippen LogP contribution >= 0.6 is 11.8 Å². The minimum absolute atomic E-state index is 0.00360. The second-order valence-corrected chi connectivity index (χ2v) is 9.63. The summed E-state index contributed by atoms with van der Waals surface area (Å²) in [7, 11) is -3.68. The lowest BCUT2D eigenvalue weighted by molar-refractivity contribution is 0.529. The van der Waals surface area contributed by atoms with Gasteiger partial charge in [0.2, 0.25) is 0 Å². The number of hydrogen-bond donors (Lipinski definition) is 0. The Morgan fingerprint density at radius 3 is 2.14 bits per heavy atom. The van der Waals surface area contributed by atoms with E-state index in [0.717, 1.165) is 16.8 Å². The van der Waals surface area contributed by atoms with Crippen LogP contribution in [0.2, 0.25) is 0 Å². The molecule has 3 aromatic rings. The molecule has 28 heavy (non-hydrogen) atoms. The third-order valence-corrected chi connectivity index (χ3v) is 7.67. The van der Waals surface area contributed by atoms with Crippen molar-refractivity contribution < 1.29 is 8.42 Å². The van der Waals surface area contributed by atoms with Crippen LogP contribution in [0.4, 0.5) is 5.69 Å². The number of thioether (sulfide) groups is 1. The number of para-hydroxylation sites is 1. The number of aliphatic imine (C=N–C) groups is 1. The highest BCUT2D eigenvalue weighted by molar-refractivity contribution is 8.15. The maximum atomic E-state index is 13.4. The number of amidine groups is 1. The first-order valence-corrected chi connectivity index (χ1v) is 11.3. The van der Waals surface area contributed by atoms with Gasteiger partial charge >= 0.3 is 0 Å². The fraction of sp³-hybridized carbons (Fsp3) is 0.136. The summed E-state index contributed by atoms with van der Waals surface area (Å²) in [6.45, 7) is 2.30. The van der Waals surface area contributed by atoms with E-state index in [1.165, 1.54) is 16.1 Å². The zero-order valence-corrected chi connectivity index (χ0v) is 17.0. The summed E-state index contributed by atoms with van der Waals surface area (Å²) in [4.78, 5) is 4.94. The number of benzene rings is 3. The highest BCUT2D eigenvalue weighted by atomic mass is 32.2. The summed E-state index contributed by atoms with van der Waals surface area (Å²) in [6, 6.07) is 26.4. The molecule has 1 heterocycles. The quantitative estimate of drug-likeness (QED) is 0.599. The van der Waals surface area contributed by atoms with Crippen LogP contribution in [0, 0.1) is 6.92 Å². The SMILES string of the molecule is Cc1ccc(S(=O)(=O)N2CC(c3ccccc3)SC2=Nc2ccccc2)cc1. The van der Waals surface area contributed by atoms with Crippen LogP contribution < -0.4 is 0 Å².